The van der Waals surface area contributed by atoms with Crippen LogP contribution in [-0.2, 0) is 11.3 Å². The fraction of sp³-hybridized carbons (Fsp3) is 0.348. The Kier molecular flexibility index (Phi) is 6.51. The lowest BCUT2D eigenvalue weighted by Crippen LogP contribution is -2.44. The molecule has 0 radical (unpaired) electrons. The van der Waals surface area contributed by atoms with E-state index < -0.39 is 6.17 Å². The van der Waals surface area contributed by atoms with Crippen LogP contribution >= 0.6 is 23.4 Å². The average molecular weight is 487 g/mol. The average Bonchev–Trinajstić information content (AvgIpc) is 3.17. The second-order valence-corrected chi connectivity index (χ2v) is 9.63. The number of hydrogen-bond acceptors (Lipinski definition) is 9. The molecule has 0 amide bonds. The van der Waals surface area contributed by atoms with Gasteiger partial charge in [0.05, 0.1) is 37.3 Å². The maximum Gasteiger partial charge on any atom is 0.150 e. The van der Waals surface area contributed by atoms with Gasteiger partial charge in [0.25, 0.3) is 0 Å². The Bertz CT molecular complexity index is 1070. The predicted molar refractivity (Wildman–Crippen MR) is 135 cm³/mol. The number of thioether (sulfide) groups is 1. The molecular formula is C23H27ClN6O2S. The van der Waals surface area contributed by atoms with Gasteiger partial charge in [-0.05, 0) is 35.9 Å². The van der Waals surface area contributed by atoms with Gasteiger partial charge in [-0.3, -0.25) is 9.80 Å². The number of anilines is 2. The molecule has 2 atom stereocenters. The third kappa shape index (κ3) is 4.44. The summed E-state index contributed by atoms with van der Waals surface area (Å²) >= 11 is 7.75. The number of halogens is 1. The smallest absolute Gasteiger partial charge is 0.150 e. The van der Waals surface area contributed by atoms with E-state index in [4.69, 9.17) is 37.5 Å². The van der Waals surface area contributed by atoms with Crippen molar-refractivity contribution in [3.8, 4) is 5.75 Å². The Balaban J connectivity index is 1.37. The minimum atomic E-state index is -0.452. The maximum atomic E-state index is 6.66. The van der Waals surface area contributed by atoms with Crippen LogP contribution < -0.4 is 26.0 Å². The number of ether oxygens (including phenoxy) is 2. The van der Waals surface area contributed by atoms with Crippen LogP contribution in [0.25, 0.3) is 0 Å². The molecule has 4 N–H and O–H groups in total. The lowest BCUT2D eigenvalue weighted by Gasteiger charge is -2.32. The van der Waals surface area contributed by atoms with Crippen molar-refractivity contribution in [1.29, 1.82) is 0 Å². The largest absolute Gasteiger partial charge is 0.495 e. The van der Waals surface area contributed by atoms with E-state index in [9.17, 15) is 0 Å². The normalized spacial score (nSPS) is 23.3. The molecule has 0 bridgehead atoms. The Morgan fingerprint density at radius 1 is 1.15 bits per heavy atom. The standard InChI is InChI=1S/C23H27ClN6O2S/c1-31-19-7-4-16(24)12-18(19)29-14-27-22-20(21(29)25)33-23(26)30(22)17-5-2-15(3-6-17)13-28-8-10-32-11-9-28/h2-7,12,14,21,23H,8-11,13,25-26H2,1H3. The molecule has 5 rings (SSSR count). The van der Waals surface area contributed by atoms with E-state index in [1.807, 2.05) is 21.9 Å². The first-order chi connectivity index (χ1) is 16.0. The van der Waals surface area contributed by atoms with E-state index in [2.05, 4.69) is 29.2 Å². The van der Waals surface area contributed by atoms with Crippen molar-refractivity contribution in [1.82, 2.24) is 4.90 Å². The Morgan fingerprint density at radius 2 is 1.91 bits per heavy atom. The van der Waals surface area contributed by atoms with Crippen molar-refractivity contribution < 1.29 is 9.47 Å². The van der Waals surface area contributed by atoms with Crippen molar-refractivity contribution in [2.24, 2.45) is 16.5 Å². The highest BCUT2D eigenvalue weighted by Gasteiger charge is 2.39. The van der Waals surface area contributed by atoms with E-state index in [0.29, 0.717) is 10.8 Å². The SMILES string of the molecule is COc1ccc(Cl)cc1N1C=NC2=C(SC(N)N2c2ccc(CN3CCOCC3)cc2)C1N. The summed E-state index contributed by atoms with van der Waals surface area (Å²) in [6.07, 6.45) is 1.27. The predicted octanol–water partition coefficient (Wildman–Crippen LogP) is 2.98. The molecule has 0 aliphatic carbocycles. The van der Waals surface area contributed by atoms with Crippen molar-refractivity contribution >= 4 is 41.1 Å². The topological polar surface area (TPSA) is 92.6 Å². The number of aliphatic imine (C=N–C) groups is 1. The molecule has 3 aliphatic heterocycles. The van der Waals surface area contributed by atoms with E-state index in [-0.39, 0.29) is 5.50 Å². The molecule has 3 heterocycles. The molecule has 3 aliphatic rings. The quantitative estimate of drug-likeness (QED) is 0.666. The van der Waals surface area contributed by atoms with Crippen molar-refractivity contribution in [3.05, 3.63) is 63.8 Å². The number of methoxy groups -OCH3 is 1. The van der Waals surface area contributed by atoms with Gasteiger partial charge in [0.15, 0.2) is 0 Å². The van der Waals surface area contributed by atoms with Gasteiger partial charge in [0, 0.05) is 30.3 Å². The number of hydrogen-bond donors (Lipinski definition) is 2. The van der Waals surface area contributed by atoms with Crippen LogP contribution in [0, 0.1) is 0 Å². The van der Waals surface area contributed by atoms with Crippen LogP contribution in [-0.4, -0.2) is 56.3 Å². The van der Waals surface area contributed by atoms with Crippen LogP contribution in [0.15, 0.2) is 58.2 Å². The minimum Gasteiger partial charge on any atom is -0.495 e. The fourth-order valence-corrected chi connectivity index (χ4v) is 5.51. The molecule has 2 aromatic rings. The molecule has 174 valence electrons. The first-order valence-corrected chi connectivity index (χ1v) is 12.1. The lowest BCUT2D eigenvalue weighted by molar-refractivity contribution is 0.0342. The number of nitrogens with zero attached hydrogens (tertiary/aromatic N) is 4. The summed E-state index contributed by atoms with van der Waals surface area (Å²) < 4.78 is 10.9. The zero-order valence-corrected chi connectivity index (χ0v) is 19.9. The van der Waals surface area contributed by atoms with Gasteiger partial charge in [0.1, 0.15) is 23.2 Å². The van der Waals surface area contributed by atoms with E-state index in [1.54, 1.807) is 19.5 Å². The highest BCUT2D eigenvalue weighted by atomic mass is 35.5. The van der Waals surface area contributed by atoms with Gasteiger partial charge >= 0.3 is 0 Å². The summed E-state index contributed by atoms with van der Waals surface area (Å²) in [5.74, 6) is 1.45. The first-order valence-electron chi connectivity index (χ1n) is 10.8. The number of benzene rings is 2. The first kappa shape index (κ1) is 22.5. The molecular weight excluding hydrogens is 460 g/mol. The fourth-order valence-electron chi connectivity index (χ4n) is 4.24. The van der Waals surface area contributed by atoms with Crippen LogP contribution in [0.3, 0.4) is 0 Å². The van der Waals surface area contributed by atoms with Gasteiger partial charge in [0.2, 0.25) is 0 Å². The number of rotatable bonds is 5. The Morgan fingerprint density at radius 3 is 2.64 bits per heavy atom. The molecule has 8 nitrogen and oxygen atoms in total. The van der Waals surface area contributed by atoms with E-state index in [1.165, 1.54) is 17.3 Å². The van der Waals surface area contributed by atoms with Crippen LogP contribution in [0.5, 0.6) is 5.75 Å². The third-order valence-corrected chi connectivity index (χ3v) is 7.33. The number of nitrogens with two attached hydrogens (primary N) is 2. The molecule has 2 unspecified atom stereocenters. The van der Waals surface area contributed by atoms with Gasteiger partial charge < -0.3 is 25.8 Å². The summed E-state index contributed by atoms with van der Waals surface area (Å²) in [6.45, 7) is 4.44. The zero-order valence-electron chi connectivity index (χ0n) is 18.4. The third-order valence-electron chi connectivity index (χ3n) is 5.97. The Hall–Kier alpha value is -2.27. The van der Waals surface area contributed by atoms with Crippen LogP contribution in [0.1, 0.15) is 5.56 Å². The molecule has 0 saturated carbocycles. The summed E-state index contributed by atoms with van der Waals surface area (Å²) in [7, 11) is 1.62. The second-order valence-electron chi connectivity index (χ2n) is 8.03. The zero-order chi connectivity index (χ0) is 22.9. The molecule has 10 heteroatoms. The van der Waals surface area contributed by atoms with Crippen molar-refractivity contribution in [3.63, 3.8) is 0 Å². The summed E-state index contributed by atoms with van der Waals surface area (Å²) in [4.78, 5) is 11.9. The number of morpholine rings is 1. The van der Waals surface area contributed by atoms with Gasteiger partial charge in [-0.2, -0.15) is 0 Å². The monoisotopic (exact) mass is 486 g/mol. The molecule has 33 heavy (non-hydrogen) atoms. The van der Waals surface area contributed by atoms with Crippen LogP contribution in [0.4, 0.5) is 11.4 Å². The summed E-state index contributed by atoms with van der Waals surface area (Å²) in [5.41, 5.74) is 15.9. The molecule has 2 aromatic carbocycles. The van der Waals surface area contributed by atoms with E-state index >= 15 is 0 Å². The maximum absolute atomic E-state index is 6.66. The molecule has 1 fully saturated rings. The molecule has 0 aromatic heterocycles. The minimum absolute atomic E-state index is 0.315. The van der Waals surface area contributed by atoms with Gasteiger partial charge in [-0.15, -0.1) is 0 Å². The lowest BCUT2D eigenvalue weighted by atomic mass is 10.1. The van der Waals surface area contributed by atoms with Gasteiger partial charge in [-0.25, -0.2) is 4.99 Å². The molecule has 0 spiro atoms. The highest BCUT2D eigenvalue weighted by molar-refractivity contribution is 8.04. The van der Waals surface area contributed by atoms with Gasteiger partial charge in [-0.1, -0.05) is 35.5 Å². The summed E-state index contributed by atoms with van der Waals surface area (Å²) in [5, 5.41) is 0.598. The second kappa shape index (κ2) is 9.54. The highest BCUT2D eigenvalue weighted by Crippen LogP contribution is 2.44. The van der Waals surface area contributed by atoms with Crippen LogP contribution in [0.2, 0.25) is 5.02 Å². The van der Waals surface area contributed by atoms with E-state index in [0.717, 1.165) is 54.9 Å². The molecule has 1 saturated heterocycles. The summed E-state index contributed by atoms with van der Waals surface area (Å²) in [6, 6.07) is 13.9. The van der Waals surface area contributed by atoms with Crippen molar-refractivity contribution in [2.75, 3.05) is 43.2 Å². The Labute approximate surface area is 202 Å². The van der Waals surface area contributed by atoms with Crippen molar-refractivity contribution in [2.45, 2.75) is 18.2 Å².